The van der Waals surface area contributed by atoms with Crippen LogP contribution < -0.4 is 0 Å². The second-order valence-corrected chi connectivity index (χ2v) is 18.8. The highest BCUT2D eigenvalue weighted by Gasteiger charge is 2.46. The van der Waals surface area contributed by atoms with Crippen LogP contribution in [-0.2, 0) is 5.41 Å². The van der Waals surface area contributed by atoms with Gasteiger partial charge in [-0.1, -0.05) is 194 Å². The van der Waals surface area contributed by atoms with E-state index in [1.54, 1.807) is 11.3 Å². The molecule has 0 atom stereocenters. The van der Waals surface area contributed by atoms with E-state index in [1.165, 1.54) is 48.9 Å². The molecule has 5 heteroatoms. The van der Waals surface area contributed by atoms with Crippen LogP contribution in [0, 0.1) is 0 Å². The van der Waals surface area contributed by atoms with E-state index < -0.39 is 5.41 Å². The molecule has 0 bridgehead atoms. The van der Waals surface area contributed by atoms with Crippen molar-refractivity contribution in [3.63, 3.8) is 0 Å². The van der Waals surface area contributed by atoms with E-state index in [2.05, 4.69) is 237 Å². The number of benzene rings is 10. The summed E-state index contributed by atoms with van der Waals surface area (Å²) in [7, 11) is 0. The summed E-state index contributed by atoms with van der Waals surface area (Å²) >= 11 is 1.78. The Morgan fingerprint density at radius 3 is 1.67 bits per heavy atom. The molecule has 0 unspecified atom stereocenters. The zero-order valence-electron chi connectivity index (χ0n) is 37.2. The smallest absolute Gasteiger partial charge is 0.165 e. The first-order valence-electron chi connectivity index (χ1n) is 23.3. The average molecular weight is 898 g/mol. The van der Waals surface area contributed by atoms with Gasteiger partial charge in [0.05, 0.1) is 5.41 Å². The van der Waals surface area contributed by atoms with E-state index in [4.69, 9.17) is 19.4 Å². The van der Waals surface area contributed by atoms with Gasteiger partial charge in [-0.15, -0.1) is 11.3 Å². The first kappa shape index (κ1) is 39.4. The monoisotopic (exact) mass is 897 g/mol. The Kier molecular flexibility index (Phi) is 8.95. The quantitative estimate of drug-likeness (QED) is 0.160. The number of furan rings is 1. The minimum atomic E-state index is -0.573. The molecule has 13 aromatic rings. The summed E-state index contributed by atoms with van der Waals surface area (Å²) in [6.07, 6.45) is 0. The molecule has 10 aromatic carbocycles. The summed E-state index contributed by atoms with van der Waals surface area (Å²) in [5.74, 6) is 1.82. The van der Waals surface area contributed by atoms with Gasteiger partial charge in [0.1, 0.15) is 11.2 Å². The molecule has 0 saturated carbocycles. The average Bonchev–Trinajstić information content (AvgIpc) is 4.10. The minimum absolute atomic E-state index is 0.573. The topological polar surface area (TPSA) is 51.8 Å². The maximum Gasteiger partial charge on any atom is 0.165 e. The molecule has 0 aliphatic heterocycles. The largest absolute Gasteiger partial charge is 0.456 e. The van der Waals surface area contributed by atoms with E-state index in [9.17, 15) is 0 Å². The second kappa shape index (κ2) is 15.7. The fourth-order valence-corrected chi connectivity index (χ4v) is 12.3. The van der Waals surface area contributed by atoms with Crippen molar-refractivity contribution >= 4 is 53.4 Å². The highest BCUT2D eigenvalue weighted by Crippen LogP contribution is 2.56. The highest BCUT2D eigenvalue weighted by molar-refractivity contribution is 7.26. The SMILES string of the molecule is c1ccc(-c2ccccc2-c2cccc3oc4ccc(-c5nc(-c6cccc(C7(c8ccccc8)c8ccccc8-c8ccccc87)c6)nc(-c6cccc7c6sc6ccccc67)n5)cc4c23)cc1. The summed E-state index contributed by atoms with van der Waals surface area (Å²) < 4.78 is 9.00. The van der Waals surface area contributed by atoms with Crippen LogP contribution in [0.4, 0.5) is 0 Å². The zero-order valence-corrected chi connectivity index (χ0v) is 38.0. The summed E-state index contributed by atoms with van der Waals surface area (Å²) in [6, 6.07) is 84.5. The molecule has 3 aromatic heterocycles. The Bertz CT molecular complexity index is 4110. The maximum absolute atomic E-state index is 6.62. The number of thiophene rings is 1. The Morgan fingerprint density at radius 2 is 0.884 bits per heavy atom. The van der Waals surface area contributed by atoms with Gasteiger partial charge in [0.15, 0.2) is 17.5 Å². The van der Waals surface area contributed by atoms with Crippen molar-refractivity contribution in [1.82, 2.24) is 15.0 Å². The van der Waals surface area contributed by atoms with Crippen LogP contribution >= 0.6 is 11.3 Å². The van der Waals surface area contributed by atoms with Crippen molar-refractivity contribution < 1.29 is 4.42 Å². The maximum atomic E-state index is 6.62. The lowest BCUT2D eigenvalue weighted by molar-refractivity contribution is 0.669. The molecular formula is C64H39N3OS. The summed E-state index contributed by atoms with van der Waals surface area (Å²) in [4.78, 5) is 16.3. The molecule has 4 nitrogen and oxygen atoms in total. The third-order valence-electron chi connectivity index (χ3n) is 14.0. The van der Waals surface area contributed by atoms with E-state index >= 15 is 0 Å². The highest BCUT2D eigenvalue weighted by atomic mass is 32.1. The Labute approximate surface area is 402 Å². The Hall–Kier alpha value is -8.77. The van der Waals surface area contributed by atoms with Crippen LogP contribution in [0.25, 0.3) is 110 Å². The number of rotatable bonds is 7. The van der Waals surface area contributed by atoms with Gasteiger partial charge in [-0.2, -0.15) is 0 Å². The van der Waals surface area contributed by atoms with Gasteiger partial charge in [-0.05, 0) is 98.1 Å². The van der Waals surface area contributed by atoms with Crippen molar-refractivity contribution in [2.45, 2.75) is 5.41 Å². The van der Waals surface area contributed by atoms with Crippen LogP contribution in [0.2, 0.25) is 0 Å². The van der Waals surface area contributed by atoms with E-state index in [-0.39, 0.29) is 0 Å². The molecule has 1 aliphatic carbocycles. The van der Waals surface area contributed by atoms with Gasteiger partial charge in [-0.25, -0.2) is 15.0 Å². The lowest BCUT2D eigenvalue weighted by Crippen LogP contribution is -2.28. The molecular weight excluding hydrogens is 859 g/mol. The van der Waals surface area contributed by atoms with Crippen LogP contribution in [0.3, 0.4) is 0 Å². The molecule has 0 fully saturated rings. The van der Waals surface area contributed by atoms with Crippen LogP contribution in [0.1, 0.15) is 22.3 Å². The number of hydrogen-bond acceptors (Lipinski definition) is 5. The Morgan fingerprint density at radius 1 is 0.333 bits per heavy atom. The standard InChI is InChI=1S/C64H39N3OS/c1-3-18-40(19-4-1)45-24-7-8-25-46(45)50-29-17-34-57-59(50)53-39-42(36-37-56(53)68-57)62-65-61(66-63(67-62)52-31-16-30-51-49-28-11-14-35-58(49)69-60(51)52)41-20-15-23-44(38-41)64(43-21-5-2-6-22-43)54-32-12-9-26-47(54)48-27-10-13-33-55(48)64/h1-39H. The minimum Gasteiger partial charge on any atom is -0.456 e. The van der Waals surface area contributed by atoms with E-state index in [1.807, 2.05) is 0 Å². The van der Waals surface area contributed by atoms with Gasteiger partial charge >= 0.3 is 0 Å². The van der Waals surface area contributed by atoms with E-state index in [0.717, 1.165) is 65.6 Å². The van der Waals surface area contributed by atoms with Gasteiger partial charge in [0, 0.05) is 47.6 Å². The lowest BCUT2D eigenvalue weighted by Gasteiger charge is -2.34. The number of aromatic nitrogens is 3. The predicted octanol–water partition coefficient (Wildman–Crippen LogP) is 16.8. The molecule has 0 N–H and O–H groups in total. The molecule has 0 saturated heterocycles. The van der Waals surface area contributed by atoms with Crippen LogP contribution in [0.15, 0.2) is 241 Å². The van der Waals surface area contributed by atoms with Crippen molar-refractivity contribution in [1.29, 1.82) is 0 Å². The van der Waals surface area contributed by atoms with Gasteiger partial charge < -0.3 is 4.42 Å². The summed E-state index contributed by atoms with van der Waals surface area (Å²) in [5, 5.41) is 4.48. The molecule has 322 valence electrons. The second-order valence-electron chi connectivity index (χ2n) is 17.8. The van der Waals surface area contributed by atoms with Crippen molar-refractivity contribution in [2.24, 2.45) is 0 Å². The Balaban J connectivity index is 0.998. The van der Waals surface area contributed by atoms with Crippen molar-refractivity contribution in [2.75, 3.05) is 0 Å². The third kappa shape index (κ3) is 6.11. The first-order valence-corrected chi connectivity index (χ1v) is 24.2. The predicted molar refractivity (Wildman–Crippen MR) is 284 cm³/mol. The van der Waals surface area contributed by atoms with Crippen molar-refractivity contribution in [3.05, 3.63) is 259 Å². The van der Waals surface area contributed by atoms with Crippen LogP contribution in [0.5, 0.6) is 0 Å². The molecule has 0 amide bonds. The summed E-state index contributed by atoms with van der Waals surface area (Å²) in [6.45, 7) is 0. The molecule has 3 heterocycles. The lowest BCUT2D eigenvalue weighted by atomic mass is 9.67. The molecule has 69 heavy (non-hydrogen) atoms. The molecule has 14 rings (SSSR count). The van der Waals surface area contributed by atoms with Gasteiger partial charge in [-0.3, -0.25) is 0 Å². The summed E-state index contributed by atoms with van der Waals surface area (Å²) in [5.41, 5.74) is 15.8. The molecule has 0 radical (unpaired) electrons. The normalized spacial score (nSPS) is 12.8. The van der Waals surface area contributed by atoms with Crippen molar-refractivity contribution in [3.8, 4) is 67.5 Å². The number of fused-ring (bicyclic) bond motifs is 9. The first-order chi connectivity index (χ1) is 34.2. The molecule has 0 spiro atoms. The van der Waals surface area contributed by atoms with Crippen LogP contribution in [-0.4, -0.2) is 15.0 Å². The fourth-order valence-electron chi connectivity index (χ4n) is 11.1. The number of hydrogen-bond donors (Lipinski definition) is 0. The third-order valence-corrected chi connectivity index (χ3v) is 15.3. The molecule has 1 aliphatic rings. The van der Waals surface area contributed by atoms with Gasteiger partial charge in [0.25, 0.3) is 0 Å². The van der Waals surface area contributed by atoms with Gasteiger partial charge in [0.2, 0.25) is 0 Å². The van der Waals surface area contributed by atoms with E-state index in [0.29, 0.717) is 17.5 Å². The number of nitrogens with zero attached hydrogens (tertiary/aromatic N) is 3. The zero-order chi connectivity index (χ0) is 45.5. The fraction of sp³-hybridized carbons (Fsp3) is 0.0156.